The van der Waals surface area contributed by atoms with E-state index in [1.54, 1.807) is 11.3 Å². The lowest BCUT2D eigenvalue weighted by atomic mass is 10.1. The Kier molecular flexibility index (Phi) is 5.38. The van der Waals surface area contributed by atoms with E-state index < -0.39 is 0 Å². The van der Waals surface area contributed by atoms with Gasteiger partial charge in [0.05, 0.1) is 10.4 Å². The van der Waals surface area contributed by atoms with Crippen LogP contribution in [0.25, 0.3) is 0 Å². The molecule has 0 saturated heterocycles. The quantitative estimate of drug-likeness (QED) is 0.806. The number of benzene rings is 1. The van der Waals surface area contributed by atoms with Gasteiger partial charge in [-0.15, -0.1) is 11.3 Å². The van der Waals surface area contributed by atoms with Crippen molar-refractivity contribution < 1.29 is 5.11 Å². The highest BCUT2D eigenvalue weighted by Gasteiger charge is 2.03. The van der Waals surface area contributed by atoms with Crippen molar-refractivity contribution in [3.63, 3.8) is 0 Å². The van der Waals surface area contributed by atoms with Gasteiger partial charge in [-0.1, -0.05) is 24.3 Å². The van der Waals surface area contributed by atoms with Crippen molar-refractivity contribution in [1.29, 1.82) is 0 Å². The maximum Gasteiger partial charge on any atom is 0.0843 e. The van der Waals surface area contributed by atoms with E-state index in [0.717, 1.165) is 26.9 Å². The van der Waals surface area contributed by atoms with E-state index in [2.05, 4.69) is 49.3 Å². The van der Waals surface area contributed by atoms with Gasteiger partial charge in [-0.05, 0) is 49.1 Å². The number of rotatable bonds is 5. The van der Waals surface area contributed by atoms with Crippen LogP contribution in [-0.4, -0.2) is 5.11 Å². The molecule has 0 unspecified atom stereocenters. The Bertz CT molecular complexity index is 508. The summed E-state index contributed by atoms with van der Waals surface area (Å²) >= 11 is 8.69. The third kappa shape index (κ3) is 3.90. The first kappa shape index (κ1) is 14.2. The molecule has 2 rings (SSSR count). The molecule has 0 aliphatic heterocycles. The lowest BCUT2D eigenvalue weighted by Crippen LogP contribution is -2.11. The van der Waals surface area contributed by atoms with Crippen LogP contribution >= 0.6 is 43.2 Å². The second-order valence-electron chi connectivity index (χ2n) is 3.92. The zero-order valence-corrected chi connectivity index (χ0v) is 13.6. The maximum atomic E-state index is 9.07. The molecule has 2 aromatic rings. The third-order valence-corrected chi connectivity index (χ3v) is 5.75. The molecule has 0 fully saturated rings. The second kappa shape index (κ2) is 6.82. The number of aliphatic hydroxyl groups excluding tert-OH is 1. The molecule has 96 valence electrons. The van der Waals surface area contributed by atoms with Crippen LogP contribution in [0.4, 0.5) is 0 Å². The lowest BCUT2D eigenvalue weighted by molar-refractivity contribution is 0.281. The standard InChI is InChI=1S/C13H13Br2NOS/c14-12-5-11(18-13(12)15)7-16-6-9-2-1-3-10(4-9)8-17/h1-5,16-17H,6-8H2. The SMILES string of the molecule is OCc1cccc(CNCc2cc(Br)c(Br)s2)c1. The molecule has 1 heterocycles. The van der Waals surface area contributed by atoms with Gasteiger partial charge in [-0.3, -0.25) is 0 Å². The average Bonchev–Trinajstić information content (AvgIpc) is 2.69. The summed E-state index contributed by atoms with van der Waals surface area (Å²) < 4.78 is 2.23. The second-order valence-corrected chi connectivity index (χ2v) is 7.22. The van der Waals surface area contributed by atoms with Crippen molar-refractivity contribution in [2.75, 3.05) is 0 Å². The summed E-state index contributed by atoms with van der Waals surface area (Å²) in [7, 11) is 0. The van der Waals surface area contributed by atoms with Crippen molar-refractivity contribution in [2.24, 2.45) is 0 Å². The zero-order chi connectivity index (χ0) is 13.0. The minimum atomic E-state index is 0.0959. The summed E-state index contributed by atoms with van der Waals surface area (Å²) in [5, 5.41) is 12.5. The molecule has 18 heavy (non-hydrogen) atoms. The molecule has 2 N–H and O–H groups in total. The highest BCUT2D eigenvalue weighted by molar-refractivity contribution is 9.13. The molecule has 1 aromatic heterocycles. The third-order valence-electron chi connectivity index (χ3n) is 2.50. The summed E-state index contributed by atoms with van der Waals surface area (Å²) in [5.74, 6) is 0. The Morgan fingerprint density at radius 1 is 1.11 bits per heavy atom. The van der Waals surface area contributed by atoms with Crippen LogP contribution in [-0.2, 0) is 19.7 Å². The largest absolute Gasteiger partial charge is 0.392 e. The molecule has 0 spiro atoms. The first-order chi connectivity index (χ1) is 8.69. The predicted molar refractivity (Wildman–Crippen MR) is 82.6 cm³/mol. The van der Waals surface area contributed by atoms with Gasteiger partial charge in [0.2, 0.25) is 0 Å². The Hall–Kier alpha value is -0.200. The van der Waals surface area contributed by atoms with Crippen LogP contribution < -0.4 is 5.32 Å². The fraction of sp³-hybridized carbons (Fsp3) is 0.231. The van der Waals surface area contributed by atoms with E-state index in [1.807, 2.05) is 18.2 Å². The molecule has 0 aliphatic rings. The number of hydrogen-bond acceptors (Lipinski definition) is 3. The van der Waals surface area contributed by atoms with E-state index in [0.29, 0.717) is 0 Å². The van der Waals surface area contributed by atoms with Crippen LogP contribution in [0.3, 0.4) is 0 Å². The van der Waals surface area contributed by atoms with Crippen LogP contribution in [0.15, 0.2) is 38.6 Å². The normalized spacial score (nSPS) is 10.8. The fourth-order valence-electron chi connectivity index (χ4n) is 1.65. The van der Waals surface area contributed by atoms with Gasteiger partial charge in [-0.25, -0.2) is 0 Å². The molecule has 0 amide bonds. The summed E-state index contributed by atoms with van der Waals surface area (Å²) in [6.45, 7) is 1.75. The maximum absolute atomic E-state index is 9.07. The van der Waals surface area contributed by atoms with Crippen molar-refractivity contribution >= 4 is 43.2 Å². The summed E-state index contributed by atoms with van der Waals surface area (Å²) in [6, 6.07) is 10.1. The predicted octanol–water partition coefficient (Wildman–Crippen LogP) is 4.06. The van der Waals surface area contributed by atoms with Crippen molar-refractivity contribution in [1.82, 2.24) is 5.32 Å². The van der Waals surface area contributed by atoms with E-state index in [4.69, 9.17) is 5.11 Å². The van der Waals surface area contributed by atoms with Crippen molar-refractivity contribution in [2.45, 2.75) is 19.7 Å². The number of aliphatic hydroxyl groups is 1. The molecule has 0 bridgehead atoms. The van der Waals surface area contributed by atoms with Gasteiger partial charge in [0.15, 0.2) is 0 Å². The molecule has 0 atom stereocenters. The Labute approximate surface area is 127 Å². The van der Waals surface area contributed by atoms with Gasteiger partial charge >= 0.3 is 0 Å². The number of hydrogen-bond donors (Lipinski definition) is 2. The molecule has 5 heteroatoms. The van der Waals surface area contributed by atoms with Crippen LogP contribution in [0.5, 0.6) is 0 Å². The number of halogens is 2. The molecule has 1 aromatic carbocycles. The zero-order valence-electron chi connectivity index (χ0n) is 9.62. The van der Waals surface area contributed by atoms with Gasteiger partial charge < -0.3 is 10.4 Å². The summed E-state index contributed by atoms with van der Waals surface area (Å²) in [4.78, 5) is 1.28. The minimum absolute atomic E-state index is 0.0959. The van der Waals surface area contributed by atoms with Crippen molar-refractivity contribution in [3.8, 4) is 0 Å². The van der Waals surface area contributed by atoms with E-state index in [-0.39, 0.29) is 6.61 Å². The van der Waals surface area contributed by atoms with Crippen LogP contribution in [0.2, 0.25) is 0 Å². The monoisotopic (exact) mass is 389 g/mol. The van der Waals surface area contributed by atoms with E-state index >= 15 is 0 Å². The van der Waals surface area contributed by atoms with Gasteiger partial charge in [0, 0.05) is 22.4 Å². The molecular weight excluding hydrogens is 378 g/mol. The van der Waals surface area contributed by atoms with Crippen molar-refractivity contribution in [3.05, 3.63) is 54.6 Å². The molecular formula is C13H13Br2NOS. The molecule has 0 radical (unpaired) electrons. The number of nitrogens with one attached hydrogen (secondary N) is 1. The fourth-order valence-corrected chi connectivity index (χ4v) is 3.79. The molecule has 0 saturated carbocycles. The summed E-state index contributed by atoms with van der Waals surface area (Å²) in [6.07, 6.45) is 0. The Morgan fingerprint density at radius 3 is 2.56 bits per heavy atom. The Morgan fingerprint density at radius 2 is 1.89 bits per heavy atom. The first-order valence-corrected chi connectivity index (χ1v) is 7.92. The lowest BCUT2D eigenvalue weighted by Gasteiger charge is -2.05. The first-order valence-electron chi connectivity index (χ1n) is 5.52. The van der Waals surface area contributed by atoms with Gasteiger partial charge in [-0.2, -0.15) is 0 Å². The van der Waals surface area contributed by atoms with E-state index in [1.165, 1.54) is 10.4 Å². The highest BCUT2D eigenvalue weighted by atomic mass is 79.9. The number of thiophene rings is 1. The topological polar surface area (TPSA) is 32.3 Å². The van der Waals surface area contributed by atoms with Crippen LogP contribution in [0, 0.1) is 0 Å². The van der Waals surface area contributed by atoms with Gasteiger partial charge in [0.25, 0.3) is 0 Å². The van der Waals surface area contributed by atoms with Crippen LogP contribution in [0.1, 0.15) is 16.0 Å². The Balaban J connectivity index is 1.88. The van der Waals surface area contributed by atoms with Gasteiger partial charge in [0.1, 0.15) is 0 Å². The van der Waals surface area contributed by atoms with E-state index in [9.17, 15) is 0 Å². The summed E-state index contributed by atoms with van der Waals surface area (Å²) in [5.41, 5.74) is 2.15. The molecule has 2 nitrogen and oxygen atoms in total. The minimum Gasteiger partial charge on any atom is -0.392 e. The average molecular weight is 391 g/mol. The molecule has 0 aliphatic carbocycles. The smallest absolute Gasteiger partial charge is 0.0843 e. The highest BCUT2D eigenvalue weighted by Crippen LogP contribution is 2.32.